The number of aromatic nitrogens is 1. The highest BCUT2D eigenvalue weighted by Crippen LogP contribution is 2.24. The number of pyridine rings is 1. The Bertz CT molecular complexity index is 1200. The van der Waals surface area contributed by atoms with Crippen molar-refractivity contribution in [2.75, 3.05) is 7.05 Å². The van der Waals surface area contributed by atoms with Gasteiger partial charge in [-0.1, -0.05) is 6.07 Å². The number of carbonyl (C=O) groups excluding carboxylic acids is 3. The lowest BCUT2D eigenvalue weighted by Crippen LogP contribution is -2.41. The summed E-state index contributed by atoms with van der Waals surface area (Å²) in [6.45, 7) is 0. The second-order valence-electron chi connectivity index (χ2n) is 6.57. The summed E-state index contributed by atoms with van der Waals surface area (Å²) in [5.74, 6) is -1.73. The van der Waals surface area contributed by atoms with Crippen molar-refractivity contribution in [2.24, 2.45) is 0 Å². The minimum Gasteiger partial charge on any atom is -0.457 e. The van der Waals surface area contributed by atoms with Crippen LogP contribution in [0.2, 0.25) is 0 Å². The second-order valence-corrected chi connectivity index (χ2v) is 6.57. The van der Waals surface area contributed by atoms with Crippen molar-refractivity contribution < 1.29 is 37.0 Å². The van der Waals surface area contributed by atoms with E-state index in [2.05, 4.69) is 25.9 Å². The lowest BCUT2D eigenvalue weighted by Gasteiger charge is -2.11. The highest BCUT2D eigenvalue weighted by atomic mass is 19.4. The van der Waals surface area contributed by atoms with Gasteiger partial charge in [-0.25, -0.2) is 0 Å². The topological polar surface area (TPSA) is 119 Å². The average molecular weight is 474 g/mol. The fraction of sp³-hybridized carbons (Fsp3) is 0.0909. The van der Waals surface area contributed by atoms with Crippen LogP contribution >= 0.6 is 0 Å². The highest BCUT2D eigenvalue weighted by Gasteiger charge is 2.31. The first-order valence-electron chi connectivity index (χ1n) is 9.57. The number of benzene rings is 2. The molecule has 3 amide bonds. The van der Waals surface area contributed by atoms with E-state index in [1.165, 1.54) is 55.7 Å². The summed E-state index contributed by atoms with van der Waals surface area (Å²) in [6.07, 6.45) is -3.49. The Balaban J connectivity index is 1.57. The van der Waals surface area contributed by atoms with Crippen LogP contribution in [-0.2, 0) is 0 Å². The molecule has 0 unspecified atom stereocenters. The van der Waals surface area contributed by atoms with Gasteiger partial charge in [-0.05, 0) is 48.5 Å². The van der Waals surface area contributed by atoms with E-state index in [1.54, 1.807) is 6.07 Å². The highest BCUT2D eigenvalue weighted by molar-refractivity contribution is 5.99. The number of hydrogen-bond acceptors (Lipinski definition) is 6. The minimum atomic E-state index is -4.90. The Morgan fingerprint density at radius 2 is 1.47 bits per heavy atom. The lowest BCUT2D eigenvalue weighted by molar-refractivity contribution is -0.274. The largest absolute Gasteiger partial charge is 0.573 e. The summed E-state index contributed by atoms with van der Waals surface area (Å²) in [4.78, 5) is 40.0. The number of nitrogens with zero attached hydrogens (tertiary/aromatic N) is 1. The van der Waals surface area contributed by atoms with E-state index in [0.717, 1.165) is 12.1 Å². The maximum absolute atomic E-state index is 12.3. The van der Waals surface area contributed by atoms with Crippen LogP contribution in [0.3, 0.4) is 0 Å². The molecule has 3 aromatic rings. The number of ether oxygens (including phenoxy) is 2. The van der Waals surface area contributed by atoms with Gasteiger partial charge < -0.3 is 14.8 Å². The van der Waals surface area contributed by atoms with Crippen LogP contribution < -0.4 is 25.6 Å². The van der Waals surface area contributed by atoms with Crippen molar-refractivity contribution >= 4 is 17.7 Å². The number of carbonyl (C=O) groups is 3. The second kappa shape index (κ2) is 10.3. The van der Waals surface area contributed by atoms with Crippen molar-refractivity contribution in [1.82, 2.24) is 21.2 Å². The zero-order valence-corrected chi connectivity index (χ0v) is 17.5. The summed E-state index contributed by atoms with van der Waals surface area (Å²) in [6, 6.07) is 13.2. The monoisotopic (exact) mass is 474 g/mol. The summed E-state index contributed by atoms with van der Waals surface area (Å²) in [5.41, 5.74) is 4.46. The Labute approximate surface area is 190 Å². The molecule has 1 aromatic heterocycles. The van der Waals surface area contributed by atoms with Gasteiger partial charge in [0.25, 0.3) is 17.7 Å². The third kappa shape index (κ3) is 6.69. The Morgan fingerprint density at radius 3 is 2.12 bits per heavy atom. The van der Waals surface area contributed by atoms with Crippen LogP contribution in [-0.4, -0.2) is 36.1 Å². The molecule has 12 heteroatoms. The molecular formula is C22H17F3N4O5. The van der Waals surface area contributed by atoms with Crippen molar-refractivity contribution in [1.29, 1.82) is 0 Å². The molecule has 0 spiro atoms. The normalized spacial score (nSPS) is 10.7. The maximum Gasteiger partial charge on any atom is 0.573 e. The van der Waals surface area contributed by atoms with Crippen LogP contribution in [0.1, 0.15) is 31.2 Å². The molecule has 0 saturated heterocycles. The van der Waals surface area contributed by atoms with Crippen LogP contribution in [0.25, 0.3) is 0 Å². The van der Waals surface area contributed by atoms with E-state index in [0.29, 0.717) is 11.5 Å². The molecule has 3 N–H and O–H groups in total. The van der Waals surface area contributed by atoms with E-state index in [4.69, 9.17) is 4.74 Å². The molecule has 0 atom stereocenters. The first kappa shape index (κ1) is 24.0. The van der Waals surface area contributed by atoms with E-state index in [-0.39, 0.29) is 22.7 Å². The molecule has 1 heterocycles. The van der Waals surface area contributed by atoms with Gasteiger partial charge in [-0.3, -0.25) is 30.2 Å². The zero-order valence-electron chi connectivity index (χ0n) is 17.5. The lowest BCUT2D eigenvalue weighted by atomic mass is 10.2. The minimum absolute atomic E-state index is 0.153. The van der Waals surface area contributed by atoms with Gasteiger partial charge in [0.15, 0.2) is 0 Å². The number of hydrogen-bond donors (Lipinski definition) is 3. The van der Waals surface area contributed by atoms with Gasteiger partial charge in [-0.2, -0.15) is 0 Å². The van der Waals surface area contributed by atoms with Gasteiger partial charge in [0, 0.05) is 30.4 Å². The van der Waals surface area contributed by atoms with Gasteiger partial charge in [-0.15, -0.1) is 13.2 Å². The molecule has 0 aliphatic carbocycles. The fourth-order valence-electron chi connectivity index (χ4n) is 2.63. The SMILES string of the molecule is CNC(=O)c1cc(Oc2ccc(C(=O)NNC(=O)c3cccc(OC(F)(F)F)c3)cc2)ccn1. The number of halogens is 3. The molecule has 9 nitrogen and oxygen atoms in total. The van der Waals surface area contributed by atoms with Gasteiger partial charge in [0.05, 0.1) is 0 Å². The molecule has 2 aromatic carbocycles. The van der Waals surface area contributed by atoms with Crippen molar-refractivity contribution in [3.8, 4) is 17.2 Å². The van der Waals surface area contributed by atoms with Crippen molar-refractivity contribution in [3.05, 3.63) is 83.7 Å². The number of nitrogens with one attached hydrogen (secondary N) is 3. The first-order chi connectivity index (χ1) is 16.1. The number of rotatable bonds is 6. The smallest absolute Gasteiger partial charge is 0.457 e. The third-order valence-corrected chi connectivity index (χ3v) is 4.16. The zero-order chi connectivity index (χ0) is 24.7. The maximum atomic E-state index is 12.3. The number of amides is 3. The van der Waals surface area contributed by atoms with Gasteiger partial charge >= 0.3 is 6.36 Å². The van der Waals surface area contributed by atoms with E-state index in [9.17, 15) is 27.6 Å². The standard InChI is InChI=1S/C22H17F3N4O5/c1-26-21(32)18-12-16(9-10-27-18)33-15-7-5-13(6-8-15)19(30)28-29-20(31)14-3-2-4-17(11-14)34-22(23,24)25/h2-12H,1H3,(H,26,32)(H,28,30)(H,29,31). The molecular weight excluding hydrogens is 457 g/mol. The fourth-order valence-corrected chi connectivity index (χ4v) is 2.63. The molecule has 176 valence electrons. The molecule has 3 rings (SSSR count). The molecule has 0 saturated carbocycles. The van der Waals surface area contributed by atoms with Crippen LogP contribution in [0.15, 0.2) is 66.9 Å². The van der Waals surface area contributed by atoms with E-state index in [1.807, 2.05) is 0 Å². The van der Waals surface area contributed by atoms with Crippen LogP contribution in [0, 0.1) is 0 Å². The van der Waals surface area contributed by atoms with Crippen molar-refractivity contribution in [3.63, 3.8) is 0 Å². The molecule has 0 aliphatic rings. The van der Waals surface area contributed by atoms with Crippen LogP contribution in [0.4, 0.5) is 13.2 Å². The Hall–Kier alpha value is -4.61. The van der Waals surface area contributed by atoms with E-state index >= 15 is 0 Å². The first-order valence-corrected chi connectivity index (χ1v) is 9.57. The summed E-state index contributed by atoms with van der Waals surface area (Å²) < 4.78 is 46.4. The van der Waals surface area contributed by atoms with Gasteiger partial charge in [0.1, 0.15) is 22.9 Å². The quantitative estimate of drug-likeness (QED) is 0.472. The van der Waals surface area contributed by atoms with Crippen molar-refractivity contribution in [2.45, 2.75) is 6.36 Å². The van der Waals surface area contributed by atoms with Crippen LogP contribution in [0.5, 0.6) is 17.2 Å². The predicted molar refractivity (Wildman–Crippen MR) is 112 cm³/mol. The number of hydrazine groups is 1. The summed E-state index contributed by atoms with van der Waals surface area (Å²) in [5, 5.41) is 2.45. The number of alkyl halides is 3. The Morgan fingerprint density at radius 1 is 0.794 bits per heavy atom. The molecule has 34 heavy (non-hydrogen) atoms. The Kier molecular flexibility index (Phi) is 7.31. The van der Waals surface area contributed by atoms with Gasteiger partial charge in [0.2, 0.25) is 0 Å². The molecule has 0 radical (unpaired) electrons. The molecule has 0 aliphatic heterocycles. The summed E-state index contributed by atoms with van der Waals surface area (Å²) >= 11 is 0. The third-order valence-electron chi connectivity index (χ3n) is 4.16. The molecule has 0 bridgehead atoms. The predicted octanol–water partition coefficient (Wildman–Crippen LogP) is 3.21. The average Bonchev–Trinajstić information content (AvgIpc) is 2.81. The van der Waals surface area contributed by atoms with E-state index < -0.39 is 23.9 Å². The summed E-state index contributed by atoms with van der Waals surface area (Å²) in [7, 11) is 1.48. The molecule has 0 fully saturated rings.